The smallest absolute Gasteiger partial charge is 0.348 e. The SMILES string of the molecule is CCN(/C=C(\C(=O)C(F)(F)C(C)(F)F)c1ccccc1)c1ccccc1. The first kappa shape index (κ1) is 19.7. The average molecular weight is 365 g/mol. The zero-order chi connectivity index (χ0) is 19.4. The molecule has 0 radical (unpaired) electrons. The van der Waals surface area contributed by atoms with Crippen LogP contribution in [0.5, 0.6) is 0 Å². The number of rotatable bonds is 7. The monoisotopic (exact) mass is 365 g/mol. The summed E-state index contributed by atoms with van der Waals surface area (Å²) >= 11 is 0. The fraction of sp³-hybridized carbons (Fsp3) is 0.250. The Kier molecular flexibility index (Phi) is 5.85. The highest BCUT2D eigenvalue weighted by molar-refractivity contribution is 6.24. The number of hydrogen-bond acceptors (Lipinski definition) is 2. The molecule has 138 valence electrons. The van der Waals surface area contributed by atoms with Gasteiger partial charge in [-0.3, -0.25) is 4.79 Å². The van der Waals surface area contributed by atoms with Crippen molar-refractivity contribution in [3.8, 4) is 0 Å². The quantitative estimate of drug-likeness (QED) is 0.483. The van der Waals surface area contributed by atoms with Crippen LogP contribution in [0.4, 0.5) is 23.2 Å². The summed E-state index contributed by atoms with van der Waals surface area (Å²) < 4.78 is 54.8. The van der Waals surface area contributed by atoms with Gasteiger partial charge in [-0.1, -0.05) is 48.5 Å². The van der Waals surface area contributed by atoms with Crippen LogP contribution in [0, 0.1) is 0 Å². The Hall–Kier alpha value is -2.63. The summed E-state index contributed by atoms with van der Waals surface area (Å²) in [5.74, 6) is -11.2. The third-order valence-corrected chi connectivity index (χ3v) is 3.88. The van der Waals surface area contributed by atoms with Crippen molar-refractivity contribution in [2.45, 2.75) is 25.7 Å². The lowest BCUT2D eigenvalue weighted by Crippen LogP contribution is -2.45. The Balaban J connectivity index is 2.57. The number of nitrogens with zero attached hydrogens (tertiary/aromatic N) is 1. The molecular formula is C20H19F4NO. The van der Waals surface area contributed by atoms with Crippen molar-refractivity contribution < 1.29 is 22.4 Å². The van der Waals surface area contributed by atoms with Crippen molar-refractivity contribution >= 4 is 17.0 Å². The number of allylic oxidation sites excluding steroid dienone is 1. The molecule has 0 aliphatic carbocycles. The molecule has 0 heterocycles. The summed E-state index contributed by atoms with van der Waals surface area (Å²) in [6.45, 7) is 2.17. The number of para-hydroxylation sites is 1. The summed E-state index contributed by atoms with van der Waals surface area (Å²) in [5.41, 5.74) is 0.335. The van der Waals surface area contributed by atoms with Gasteiger partial charge in [0.2, 0.25) is 5.78 Å². The Morgan fingerprint density at radius 3 is 1.92 bits per heavy atom. The molecule has 2 aromatic carbocycles. The maximum atomic E-state index is 14.1. The third kappa shape index (κ3) is 4.12. The maximum Gasteiger partial charge on any atom is 0.371 e. The van der Waals surface area contributed by atoms with Gasteiger partial charge < -0.3 is 4.90 Å². The highest BCUT2D eigenvalue weighted by Crippen LogP contribution is 2.38. The van der Waals surface area contributed by atoms with Gasteiger partial charge in [-0.15, -0.1) is 0 Å². The van der Waals surface area contributed by atoms with Crippen LogP contribution < -0.4 is 4.90 Å². The second-order valence-electron chi connectivity index (χ2n) is 5.82. The molecule has 0 saturated heterocycles. The molecule has 2 rings (SSSR count). The number of hydrogen-bond donors (Lipinski definition) is 0. The Bertz CT molecular complexity index is 767. The van der Waals surface area contributed by atoms with Crippen LogP contribution in [0.3, 0.4) is 0 Å². The van der Waals surface area contributed by atoms with Crippen molar-refractivity contribution in [1.29, 1.82) is 0 Å². The van der Waals surface area contributed by atoms with Gasteiger partial charge in [-0.05, 0) is 24.6 Å². The van der Waals surface area contributed by atoms with Gasteiger partial charge in [-0.25, -0.2) is 0 Å². The molecule has 0 unspecified atom stereocenters. The first-order valence-corrected chi connectivity index (χ1v) is 8.08. The maximum absolute atomic E-state index is 14.1. The lowest BCUT2D eigenvalue weighted by molar-refractivity contribution is -0.195. The molecule has 0 aromatic heterocycles. The number of carbonyl (C=O) groups is 1. The minimum atomic E-state index is -4.81. The number of ketones is 1. The molecule has 0 spiro atoms. The normalized spacial score (nSPS) is 12.8. The van der Waals surface area contributed by atoms with Crippen molar-refractivity contribution in [2.24, 2.45) is 0 Å². The van der Waals surface area contributed by atoms with E-state index in [4.69, 9.17) is 0 Å². The lowest BCUT2D eigenvalue weighted by atomic mass is 9.95. The second kappa shape index (κ2) is 7.72. The van der Waals surface area contributed by atoms with Gasteiger partial charge in [0.25, 0.3) is 0 Å². The predicted molar refractivity (Wildman–Crippen MR) is 94.5 cm³/mol. The van der Waals surface area contributed by atoms with E-state index in [0.29, 0.717) is 12.2 Å². The van der Waals surface area contributed by atoms with E-state index in [0.717, 1.165) is 0 Å². The second-order valence-corrected chi connectivity index (χ2v) is 5.82. The summed E-state index contributed by atoms with van der Waals surface area (Å²) in [7, 11) is 0. The molecular weight excluding hydrogens is 346 g/mol. The first-order valence-electron chi connectivity index (χ1n) is 8.08. The predicted octanol–water partition coefficient (Wildman–Crippen LogP) is 5.41. The van der Waals surface area contributed by atoms with Gasteiger partial charge in [0.05, 0.1) is 0 Å². The topological polar surface area (TPSA) is 20.3 Å². The van der Waals surface area contributed by atoms with E-state index in [9.17, 15) is 22.4 Å². The van der Waals surface area contributed by atoms with E-state index in [2.05, 4.69) is 0 Å². The zero-order valence-corrected chi connectivity index (χ0v) is 14.4. The van der Waals surface area contributed by atoms with Crippen LogP contribution in [-0.4, -0.2) is 24.2 Å². The number of Topliss-reactive ketones (excluding diaryl/α,β-unsaturated/α-hetero) is 1. The minimum Gasteiger partial charge on any atom is -0.348 e. The van der Waals surface area contributed by atoms with Gasteiger partial charge in [0, 0.05) is 30.9 Å². The third-order valence-electron chi connectivity index (χ3n) is 3.88. The number of anilines is 1. The molecule has 0 atom stereocenters. The molecule has 0 fully saturated rings. The number of benzene rings is 2. The first-order chi connectivity index (χ1) is 12.2. The van der Waals surface area contributed by atoms with Crippen molar-refractivity contribution in [2.75, 3.05) is 11.4 Å². The summed E-state index contributed by atoms with van der Waals surface area (Å²) in [5, 5.41) is 0. The fourth-order valence-electron chi connectivity index (χ4n) is 2.37. The van der Waals surface area contributed by atoms with Crippen LogP contribution >= 0.6 is 0 Å². The van der Waals surface area contributed by atoms with Gasteiger partial charge in [0.15, 0.2) is 0 Å². The van der Waals surface area contributed by atoms with Crippen LogP contribution in [0.15, 0.2) is 66.9 Å². The molecule has 2 nitrogen and oxygen atoms in total. The van der Waals surface area contributed by atoms with Crippen LogP contribution in [0.2, 0.25) is 0 Å². The van der Waals surface area contributed by atoms with Crippen LogP contribution in [-0.2, 0) is 4.79 Å². The summed E-state index contributed by atoms with van der Waals surface area (Å²) in [6.07, 6.45) is 1.20. The molecule has 26 heavy (non-hydrogen) atoms. The van der Waals surface area contributed by atoms with Crippen molar-refractivity contribution in [1.82, 2.24) is 0 Å². The molecule has 0 bridgehead atoms. The number of halogens is 4. The molecule has 0 aliphatic rings. The van der Waals surface area contributed by atoms with E-state index in [-0.39, 0.29) is 12.5 Å². The number of alkyl halides is 4. The lowest BCUT2D eigenvalue weighted by Gasteiger charge is -2.25. The molecule has 0 N–H and O–H groups in total. The highest BCUT2D eigenvalue weighted by Gasteiger charge is 2.59. The Morgan fingerprint density at radius 2 is 1.46 bits per heavy atom. The molecule has 6 heteroatoms. The molecule has 0 amide bonds. The van der Waals surface area contributed by atoms with Crippen LogP contribution in [0.25, 0.3) is 5.57 Å². The van der Waals surface area contributed by atoms with Gasteiger partial charge >= 0.3 is 11.8 Å². The molecule has 0 saturated carbocycles. The molecule has 2 aromatic rings. The van der Waals surface area contributed by atoms with Crippen molar-refractivity contribution in [3.05, 3.63) is 72.4 Å². The number of carbonyl (C=O) groups excluding carboxylic acids is 1. The minimum absolute atomic E-state index is 0.0439. The average Bonchev–Trinajstić information content (AvgIpc) is 2.62. The highest BCUT2D eigenvalue weighted by atomic mass is 19.3. The summed E-state index contributed by atoms with van der Waals surface area (Å²) in [4.78, 5) is 13.9. The fourth-order valence-corrected chi connectivity index (χ4v) is 2.37. The van der Waals surface area contributed by atoms with E-state index in [1.54, 1.807) is 60.4 Å². The molecule has 0 aliphatic heterocycles. The van der Waals surface area contributed by atoms with Crippen molar-refractivity contribution in [3.63, 3.8) is 0 Å². The van der Waals surface area contributed by atoms with E-state index in [1.165, 1.54) is 18.3 Å². The van der Waals surface area contributed by atoms with Gasteiger partial charge in [-0.2, -0.15) is 17.6 Å². The standard InChI is InChI=1S/C20H19F4NO/c1-3-25(16-12-8-5-9-13-16)14-17(15-10-6-4-7-11-15)18(26)20(23,24)19(2,21)22/h4-14H,3H2,1-2H3/b17-14-. The summed E-state index contributed by atoms with van der Waals surface area (Å²) in [6, 6.07) is 16.4. The Morgan fingerprint density at radius 1 is 0.962 bits per heavy atom. The zero-order valence-electron chi connectivity index (χ0n) is 14.4. The van der Waals surface area contributed by atoms with E-state index < -0.39 is 23.2 Å². The van der Waals surface area contributed by atoms with Gasteiger partial charge in [0.1, 0.15) is 0 Å². The largest absolute Gasteiger partial charge is 0.371 e. The van der Waals surface area contributed by atoms with E-state index in [1.807, 2.05) is 0 Å². The Labute approximate surface area is 149 Å². The van der Waals surface area contributed by atoms with E-state index >= 15 is 0 Å². The van der Waals surface area contributed by atoms with Crippen LogP contribution in [0.1, 0.15) is 19.4 Å².